The average Bonchev–Trinajstić information content (AvgIpc) is 3.06. The van der Waals surface area contributed by atoms with Gasteiger partial charge in [0.15, 0.2) is 12.0 Å². The average molecular weight is 464 g/mol. The summed E-state index contributed by atoms with van der Waals surface area (Å²) in [6, 6.07) is 4.67. The van der Waals surface area contributed by atoms with Gasteiger partial charge in [-0.15, -0.1) is 0 Å². The second-order valence-electron chi connectivity index (χ2n) is 6.58. The number of nitro benzene ring substituents is 1. The number of nitro groups is 1. The third-order valence-electron chi connectivity index (χ3n) is 4.54. The van der Waals surface area contributed by atoms with Gasteiger partial charge in [0.2, 0.25) is 0 Å². The molecular weight excluding hydrogens is 448 g/mol. The number of nitrogens with zero attached hydrogens (tertiary/aromatic N) is 6. The minimum Gasteiger partial charge on any atom is -0.394 e. The Hall–Kier alpha value is -3.33. The lowest BCUT2D eigenvalue weighted by atomic mass is 10.1. The maximum atomic E-state index is 12.5. The van der Waals surface area contributed by atoms with Crippen LogP contribution in [0, 0.1) is 10.1 Å². The number of thioether (sulfide) groups is 1. The number of aliphatic hydroxyl groups excluding tert-OH is 3. The van der Waals surface area contributed by atoms with Crippen LogP contribution in [0.4, 0.5) is 11.4 Å². The molecule has 32 heavy (non-hydrogen) atoms. The Morgan fingerprint density at radius 1 is 1.38 bits per heavy atom. The van der Waals surface area contributed by atoms with Gasteiger partial charge in [-0.25, -0.2) is 4.79 Å². The SMILES string of the molecule is [N-]=[N+]=Nc1cc(C(=O)CSc2ccn([C@@H]3O[C@H](CO)[C@@H](O)[C@H]3O)c(=O)n2)cc([N+](=O)[O-])c1. The van der Waals surface area contributed by atoms with Gasteiger partial charge in [-0.3, -0.25) is 19.5 Å². The Balaban J connectivity index is 1.74. The van der Waals surface area contributed by atoms with Crippen LogP contribution in [-0.4, -0.2) is 66.2 Å². The summed E-state index contributed by atoms with van der Waals surface area (Å²) in [6.45, 7) is -0.550. The molecule has 1 aromatic heterocycles. The van der Waals surface area contributed by atoms with Crippen LogP contribution in [0.5, 0.6) is 0 Å². The summed E-state index contributed by atoms with van der Waals surface area (Å²) >= 11 is 0.889. The van der Waals surface area contributed by atoms with Crippen molar-refractivity contribution in [2.75, 3.05) is 12.4 Å². The van der Waals surface area contributed by atoms with Gasteiger partial charge in [-0.1, -0.05) is 16.9 Å². The van der Waals surface area contributed by atoms with Crippen molar-refractivity contribution in [2.24, 2.45) is 5.11 Å². The van der Waals surface area contributed by atoms with Crippen LogP contribution < -0.4 is 5.69 Å². The Kier molecular flexibility index (Phi) is 7.19. The molecule has 0 aliphatic carbocycles. The van der Waals surface area contributed by atoms with Gasteiger partial charge in [0.05, 0.1) is 17.3 Å². The van der Waals surface area contributed by atoms with E-state index in [0.29, 0.717) is 0 Å². The van der Waals surface area contributed by atoms with E-state index in [1.165, 1.54) is 18.3 Å². The first-order valence-electron chi connectivity index (χ1n) is 8.97. The Morgan fingerprint density at radius 2 is 2.12 bits per heavy atom. The molecule has 0 amide bonds. The summed E-state index contributed by atoms with van der Waals surface area (Å²) in [5.74, 6) is -0.746. The highest BCUT2D eigenvalue weighted by molar-refractivity contribution is 7.99. The van der Waals surface area contributed by atoms with Gasteiger partial charge in [0.25, 0.3) is 5.69 Å². The topological polar surface area (TPSA) is 214 Å². The van der Waals surface area contributed by atoms with Crippen molar-refractivity contribution in [1.29, 1.82) is 0 Å². The molecule has 3 N–H and O–H groups in total. The van der Waals surface area contributed by atoms with Crippen LogP contribution in [0.2, 0.25) is 0 Å². The largest absolute Gasteiger partial charge is 0.394 e. The minimum atomic E-state index is -1.45. The molecule has 14 nitrogen and oxygen atoms in total. The lowest BCUT2D eigenvalue weighted by Gasteiger charge is -2.17. The van der Waals surface area contributed by atoms with Gasteiger partial charge < -0.3 is 20.1 Å². The highest BCUT2D eigenvalue weighted by Crippen LogP contribution is 2.29. The van der Waals surface area contributed by atoms with Gasteiger partial charge in [0, 0.05) is 34.5 Å². The van der Waals surface area contributed by atoms with Gasteiger partial charge in [-0.05, 0) is 17.7 Å². The number of benzene rings is 1. The third kappa shape index (κ3) is 4.94. The van der Waals surface area contributed by atoms with Crippen molar-refractivity contribution in [2.45, 2.75) is 29.6 Å². The highest BCUT2D eigenvalue weighted by atomic mass is 32.2. The zero-order valence-corrected chi connectivity index (χ0v) is 16.9. The number of aliphatic hydroxyl groups is 3. The first-order chi connectivity index (χ1) is 15.2. The summed E-state index contributed by atoms with van der Waals surface area (Å²) in [5, 5.41) is 43.5. The zero-order chi connectivity index (χ0) is 23.4. The summed E-state index contributed by atoms with van der Waals surface area (Å²) in [7, 11) is 0. The Morgan fingerprint density at radius 3 is 2.72 bits per heavy atom. The molecule has 3 rings (SSSR count). The van der Waals surface area contributed by atoms with Crippen molar-refractivity contribution < 1.29 is 29.8 Å². The fraction of sp³-hybridized carbons (Fsp3) is 0.353. The molecule has 0 bridgehead atoms. The van der Waals surface area contributed by atoms with E-state index in [-0.39, 0.29) is 22.0 Å². The summed E-state index contributed by atoms with van der Waals surface area (Å²) in [5.41, 5.74) is 7.15. The number of hydrogen-bond donors (Lipinski definition) is 3. The number of rotatable bonds is 8. The molecule has 4 atom stereocenters. The summed E-state index contributed by atoms with van der Waals surface area (Å²) in [4.78, 5) is 41.4. The van der Waals surface area contributed by atoms with E-state index >= 15 is 0 Å². The van der Waals surface area contributed by atoms with Crippen LogP contribution >= 0.6 is 11.8 Å². The number of aromatic nitrogens is 2. The van der Waals surface area contributed by atoms with E-state index in [9.17, 15) is 29.9 Å². The van der Waals surface area contributed by atoms with E-state index in [0.717, 1.165) is 28.5 Å². The smallest absolute Gasteiger partial charge is 0.350 e. The molecule has 1 fully saturated rings. The van der Waals surface area contributed by atoms with E-state index in [1.807, 2.05) is 0 Å². The van der Waals surface area contributed by atoms with Crippen LogP contribution in [0.1, 0.15) is 16.6 Å². The molecule has 1 saturated heterocycles. The maximum absolute atomic E-state index is 12.5. The summed E-state index contributed by atoms with van der Waals surface area (Å²) in [6.07, 6.45) is -3.87. The molecule has 2 heterocycles. The van der Waals surface area contributed by atoms with Crippen molar-refractivity contribution in [1.82, 2.24) is 9.55 Å². The number of carbonyl (C=O) groups excluding carboxylic acids is 1. The van der Waals surface area contributed by atoms with Gasteiger partial charge in [-0.2, -0.15) is 4.98 Å². The number of carbonyl (C=O) groups is 1. The van der Waals surface area contributed by atoms with E-state index in [1.54, 1.807) is 0 Å². The lowest BCUT2D eigenvalue weighted by molar-refractivity contribution is -0.384. The Bertz CT molecular complexity index is 1130. The number of ketones is 1. The number of azide groups is 1. The molecule has 1 aromatic carbocycles. The molecule has 168 valence electrons. The standard InChI is InChI=1S/C17H16N6O8S/c18-21-20-9-3-8(4-10(5-9)23(29)30)11(25)7-32-13-1-2-22(17(28)19-13)16-15(27)14(26)12(6-24)31-16/h1-5,12,14-16,24,26-27H,6-7H2/t12-,14-,15-,16-/m1/s1. The van der Waals surface area contributed by atoms with Crippen LogP contribution in [0.15, 0.2) is 45.4 Å². The van der Waals surface area contributed by atoms with Crippen molar-refractivity contribution >= 4 is 28.9 Å². The molecule has 2 aromatic rings. The summed E-state index contributed by atoms with van der Waals surface area (Å²) < 4.78 is 6.23. The van der Waals surface area contributed by atoms with E-state index < -0.39 is 53.2 Å². The highest BCUT2D eigenvalue weighted by Gasteiger charge is 2.43. The molecule has 0 radical (unpaired) electrons. The fourth-order valence-corrected chi connectivity index (χ4v) is 3.72. The second-order valence-corrected chi connectivity index (χ2v) is 7.58. The Labute approximate surface area is 182 Å². The molecular formula is C17H16N6O8S. The van der Waals surface area contributed by atoms with Gasteiger partial charge in [0.1, 0.15) is 23.3 Å². The third-order valence-corrected chi connectivity index (χ3v) is 5.47. The monoisotopic (exact) mass is 464 g/mol. The predicted octanol–water partition coefficient (Wildman–Crippen LogP) is 0.680. The molecule has 1 aliphatic heterocycles. The molecule has 15 heteroatoms. The van der Waals surface area contributed by atoms with Gasteiger partial charge >= 0.3 is 5.69 Å². The number of hydrogen-bond acceptors (Lipinski definition) is 11. The van der Waals surface area contributed by atoms with Crippen molar-refractivity contribution in [3.8, 4) is 0 Å². The second kappa shape index (κ2) is 9.86. The molecule has 0 unspecified atom stereocenters. The quantitative estimate of drug-likeness (QED) is 0.0725. The maximum Gasteiger partial charge on any atom is 0.350 e. The van der Waals surface area contributed by atoms with E-state index in [4.69, 9.17) is 15.4 Å². The zero-order valence-electron chi connectivity index (χ0n) is 16.1. The molecule has 0 saturated carbocycles. The molecule has 0 spiro atoms. The van der Waals surface area contributed by atoms with Crippen LogP contribution in [-0.2, 0) is 4.74 Å². The number of ether oxygens (including phenoxy) is 1. The van der Waals surface area contributed by atoms with Crippen LogP contribution in [0.25, 0.3) is 10.4 Å². The van der Waals surface area contributed by atoms with Crippen molar-refractivity contribution in [3.05, 3.63) is 67.1 Å². The fourth-order valence-electron chi connectivity index (χ4n) is 2.97. The number of Topliss-reactive ketones (excluding diaryl/α,β-unsaturated/α-hetero) is 1. The van der Waals surface area contributed by atoms with Crippen molar-refractivity contribution in [3.63, 3.8) is 0 Å². The van der Waals surface area contributed by atoms with E-state index in [2.05, 4.69) is 15.0 Å². The minimum absolute atomic E-state index is 0.0473. The first-order valence-corrected chi connectivity index (χ1v) is 9.96. The lowest BCUT2D eigenvalue weighted by Crippen LogP contribution is -2.36. The molecule has 1 aliphatic rings. The number of non-ortho nitro benzene ring substituents is 1. The van der Waals surface area contributed by atoms with Crippen LogP contribution in [0.3, 0.4) is 0 Å². The predicted molar refractivity (Wildman–Crippen MR) is 108 cm³/mol. The normalized spacial score (nSPS) is 22.3. The first kappa shape index (κ1) is 23.3.